The van der Waals surface area contributed by atoms with Gasteiger partial charge >= 0.3 is 0 Å². The Morgan fingerprint density at radius 1 is 1.32 bits per heavy atom. The van der Waals surface area contributed by atoms with Crippen LogP contribution in [0.15, 0.2) is 46.1 Å². The molecule has 1 aromatic heterocycles. The van der Waals surface area contributed by atoms with E-state index in [0.717, 1.165) is 50.9 Å². The van der Waals surface area contributed by atoms with E-state index in [1.165, 1.54) is 12.1 Å². The summed E-state index contributed by atoms with van der Waals surface area (Å²) >= 11 is 0. The number of benzene rings is 1. The van der Waals surface area contributed by atoms with E-state index in [4.69, 9.17) is 14.3 Å². The highest BCUT2D eigenvalue weighted by Gasteiger charge is 2.20. The van der Waals surface area contributed by atoms with Crippen LogP contribution in [0.25, 0.3) is 0 Å². The van der Waals surface area contributed by atoms with E-state index in [0.29, 0.717) is 12.3 Å². The molecule has 2 aromatic rings. The van der Waals surface area contributed by atoms with Crippen molar-refractivity contribution in [3.05, 3.63) is 48.1 Å². The minimum atomic E-state index is -0.301. The molecule has 1 aliphatic rings. The van der Waals surface area contributed by atoms with Crippen LogP contribution in [-0.4, -0.2) is 66.3 Å². The minimum Gasteiger partial charge on any atom is -0.489 e. The van der Waals surface area contributed by atoms with Gasteiger partial charge in [0, 0.05) is 51.4 Å². The lowest BCUT2D eigenvalue weighted by molar-refractivity contribution is 0.168. The predicted molar refractivity (Wildman–Crippen MR) is 106 cm³/mol. The predicted octanol–water partition coefficient (Wildman–Crippen LogP) is 2.36. The standard InChI is InChI=1S/C20H28FN5O2/c1-3-22-20(23-14-16(2)28-19-6-4-5-17(21)13-19)26-10-8-25(9-11-26)15-18-7-12-27-24-18/h4-7,12-13,16H,3,8-11,14-15H2,1-2H3,(H,22,23). The molecule has 2 heterocycles. The summed E-state index contributed by atoms with van der Waals surface area (Å²) in [5, 5.41) is 7.33. The zero-order chi connectivity index (χ0) is 19.8. The monoisotopic (exact) mass is 389 g/mol. The molecule has 1 aromatic carbocycles. The Morgan fingerprint density at radius 2 is 2.14 bits per heavy atom. The first-order valence-electron chi connectivity index (χ1n) is 9.71. The molecule has 3 rings (SSSR count). The van der Waals surface area contributed by atoms with Crippen LogP contribution in [0.2, 0.25) is 0 Å². The average Bonchev–Trinajstić information content (AvgIpc) is 3.19. The Balaban J connectivity index is 1.51. The number of rotatable bonds is 7. The van der Waals surface area contributed by atoms with Gasteiger partial charge in [0.2, 0.25) is 0 Å². The second kappa shape index (κ2) is 10.1. The number of aliphatic imine (C=N–C) groups is 1. The third kappa shape index (κ3) is 5.95. The Bertz CT molecular complexity index is 745. The lowest BCUT2D eigenvalue weighted by Gasteiger charge is -2.36. The Morgan fingerprint density at radius 3 is 2.82 bits per heavy atom. The first-order valence-corrected chi connectivity index (χ1v) is 9.71. The van der Waals surface area contributed by atoms with Crippen molar-refractivity contribution in [1.82, 2.24) is 20.3 Å². The van der Waals surface area contributed by atoms with Crippen molar-refractivity contribution in [3.8, 4) is 5.75 Å². The van der Waals surface area contributed by atoms with Crippen LogP contribution in [-0.2, 0) is 6.54 Å². The van der Waals surface area contributed by atoms with Crippen LogP contribution < -0.4 is 10.1 Å². The lowest BCUT2D eigenvalue weighted by Crippen LogP contribution is -2.52. The molecule has 1 unspecified atom stereocenters. The molecule has 28 heavy (non-hydrogen) atoms. The molecule has 1 aliphatic heterocycles. The smallest absolute Gasteiger partial charge is 0.194 e. The fourth-order valence-electron chi connectivity index (χ4n) is 3.12. The molecule has 8 heteroatoms. The van der Waals surface area contributed by atoms with Gasteiger partial charge in [0.25, 0.3) is 0 Å². The normalized spacial score (nSPS) is 16.8. The number of hydrogen-bond donors (Lipinski definition) is 1. The summed E-state index contributed by atoms with van der Waals surface area (Å²) < 4.78 is 24.0. The van der Waals surface area contributed by atoms with Gasteiger partial charge in [-0.3, -0.25) is 4.90 Å². The molecular weight excluding hydrogens is 361 g/mol. The van der Waals surface area contributed by atoms with E-state index in [9.17, 15) is 4.39 Å². The minimum absolute atomic E-state index is 0.149. The highest BCUT2D eigenvalue weighted by atomic mass is 19.1. The summed E-state index contributed by atoms with van der Waals surface area (Å²) in [6.45, 7) is 9.76. The fraction of sp³-hybridized carbons (Fsp3) is 0.500. The molecule has 7 nitrogen and oxygen atoms in total. The van der Waals surface area contributed by atoms with Crippen molar-refractivity contribution < 1.29 is 13.7 Å². The number of nitrogens with one attached hydrogen (secondary N) is 1. The topological polar surface area (TPSA) is 66.1 Å². The third-order valence-corrected chi connectivity index (χ3v) is 4.52. The summed E-state index contributed by atoms with van der Waals surface area (Å²) in [7, 11) is 0. The van der Waals surface area contributed by atoms with Crippen molar-refractivity contribution in [1.29, 1.82) is 0 Å². The van der Waals surface area contributed by atoms with Crippen LogP contribution in [0.1, 0.15) is 19.5 Å². The van der Waals surface area contributed by atoms with Crippen LogP contribution in [0.5, 0.6) is 5.75 Å². The van der Waals surface area contributed by atoms with E-state index in [-0.39, 0.29) is 11.9 Å². The Kier molecular flexibility index (Phi) is 7.25. The largest absolute Gasteiger partial charge is 0.489 e. The summed E-state index contributed by atoms with van der Waals surface area (Å²) in [5.41, 5.74) is 0.956. The molecule has 0 radical (unpaired) electrons. The highest BCUT2D eigenvalue weighted by molar-refractivity contribution is 5.80. The van der Waals surface area contributed by atoms with Crippen molar-refractivity contribution in [2.75, 3.05) is 39.3 Å². The number of guanidine groups is 1. The van der Waals surface area contributed by atoms with Gasteiger partial charge < -0.3 is 19.5 Å². The van der Waals surface area contributed by atoms with Gasteiger partial charge in [0.05, 0.1) is 12.2 Å². The molecule has 0 amide bonds. The van der Waals surface area contributed by atoms with E-state index in [1.54, 1.807) is 18.4 Å². The number of ether oxygens (including phenoxy) is 1. The van der Waals surface area contributed by atoms with Gasteiger partial charge in [0.15, 0.2) is 5.96 Å². The van der Waals surface area contributed by atoms with Crippen molar-refractivity contribution in [2.24, 2.45) is 4.99 Å². The zero-order valence-corrected chi connectivity index (χ0v) is 16.5. The molecule has 1 atom stereocenters. The van der Waals surface area contributed by atoms with Crippen LogP contribution in [0, 0.1) is 5.82 Å². The first-order chi connectivity index (χ1) is 13.6. The molecule has 0 saturated carbocycles. The number of nitrogens with zero attached hydrogens (tertiary/aromatic N) is 4. The van der Waals surface area contributed by atoms with Gasteiger partial charge in [-0.1, -0.05) is 11.2 Å². The molecule has 1 saturated heterocycles. The van der Waals surface area contributed by atoms with E-state index >= 15 is 0 Å². The average molecular weight is 389 g/mol. The molecule has 0 bridgehead atoms. The van der Waals surface area contributed by atoms with Crippen molar-refractivity contribution >= 4 is 5.96 Å². The van der Waals surface area contributed by atoms with E-state index < -0.39 is 0 Å². The lowest BCUT2D eigenvalue weighted by atomic mass is 10.3. The maximum atomic E-state index is 13.3. The Hall–Kier alpha value is -2.61. The van der Waals surface area contributed by atoms with Crippen LogP contribution in [0.3, 0.4) is 0 Å². The third-order valence-electron chi connectivity index (χ3n) is 4.52. The first kappa shape index (κ1) is 20.1. The van der Waals surface area contributed by atoms with Gasteiger partial charge in [-0.05, 0) is 26.0 Å². The van der Waals surface area contributed by atoms with Crippen molar-refractivity contribution in [2.45, 2.75) is 26.5 Å². The van der Waals surface area contributed by atoms with Crippen LogP contribution >= 0.6 is 0 Å². The second-order valence-electron chi connectivity index (χ2n) is 6.83. The fourth-order valence-corrected chi connectivity index (χ4v) is 3.12. The SMILES string of the molecule is CCNC(=NCC(C)Oc1cccc(F)c1)N1CCN(Cc2ccon2)CC1. The number of hydrogen-bond acceptors (Lipinski definition) is 5. The summed E-state index contributed by atoms with van der Waals surface area (Å²) in [6.07, 6.45) is 1.46. The summed E-state index contributed by atoms with van der Waals surface area (Å²) in [5.74, 6) is 1.11. The maximum Gasteiger partial charge on any atom is 0.194 e. The van der Waals surface area contributed by atoms with Crippen LogP contribution in [0.4, 0.5) is 4.39 Å². The number of aromatic nitrogens is 1. The zero-order valence-electron chi connectivity index (χ0n) is 16.5. The van der Waals surface area contributed by atoms with Gasteiger partial charge in [0.1, 0.15) is 23.9 Å². The molecule has 1 N–H and O–H groups in total. The molecule has 0 spiro atoms. The molecular formula is C20H28FN5O2. The van der Waals surface area contributed by atoms with Crippen molar-refractivity contribution in [3.63, 3.8) is 0 Å². The Labute approximate surface area is 165 Å². The van der Waals surface area contributed by atoms with Gasteiger partial charge in [-0.2, -0.15) is 0 Å². The molecule has 1 fully saturated rings. The second-order valence-corrected chi connectivity index (χ2v) is 6.83. The highest BCUT2D eigenvalue weighted by Crippen LogP contribution is 2.14. The molecule has 152 valence electrons. The summed E-state index contributed by atoms with van der Waals surface area (Å²) in [4.78, 5) is 9.34. The number of halogens is 1. The number of piperazine rings is 1. The van der Waals surface area contributed by atoms with E-state index in [1.807, 2.05) is 13.0 Å². The van der Waals surface area contributed by atoms with Gasteiger partial charge in [-0.15, -0.1) is 0 Å². The van der Waals surface area contributed by atoms with E-state index in [2.05, 4.69) is 27.2 Å². The van der Waals surface area contributed by atoms with Gasteiger partial charge in [-0.25, -0.2) is 9.38 Å². The summed E-state index contributed by atoms with van der Waals surface area (Å²) in [6, 6.07) is 8.09. The maximum absolute atomic E-state index is 13.3. The molecule has 0 aliphatic carbocycles. The quantitative estimate of drug-likeness (QED) is 0.579.